The van der Waals surface area contributed by atoms with Gasteiger partial charge < -0.3 is 10.2 Å². The molecule has 1 aliphatic heterocycles. The van der Waals surface area contributed by atoms with Crippen molar-refractivity contribution >= 4 is 0 Å². The second-order valence-electron chi connectivity index (χ2n) is 3.67. The SMILES string of the molecule is CNC1(C(F)(F)F)CCCN(C)C1. The Morgan fingerprint density at radius 3 is 2.31 bits per heavy atom. The van der Waals surface area contributed by atoms with Crippen molar-refractivity contribution < 1.29 is 13.2 Å². The minimum absolute atomic E-state index is 0.0486. The summed E-state index contributed by atoms with van der Waals surface area (Å²) in [6.07, 6.45) is -3.38. The van der Waals surface area contributed by atoms with E-state index >= 15 is 0 Å². The summed E-state index contributed by atoms with van der Waals surface area (Å²) in [5, 5.41) is 2.42. The van der Waals surface area contributed by atoms with Gasteiger partial charge in [0, 0.05) is 6.54 Å². The lowest BCUT2D eigenvalue weighted by molar-refractivity contribution is -0.207. The summed E-state index contributed by atoms with van der Waals surface area (Å²) in [6, 6.07) is 0. The van der Waals surface area contributed by atoms with Crippen LogP contribution < -0.4 is 5.32 Å². The Morgan fingerprint density at radius 1 is 1.38 bits per heavy atom. The Bertz CT molecular complexity index is 181. The van der Waals surface area contributed by atoms with Crippen LogP contribution in [0.25, 0.3) is 0 Å². The molecule has 1 N–H and O–H groups in total. The van der Waals surface area contributed by atoms with Crippen LogP contribution in [0.15, 0.2) is 0 Å². The zero-order valence-corrected chi connectivity index (χ0v) is 7.91. The van der Waals surface area contributed by atoms with Crippen molar-refractivity contribution in [2.45, 2.75) is 24.6 Å². The molecule has 1 aliphatic rings. The van der Waals surface area contributed by atoms with Gasteiger partial charge in [0.2, 0.25) is 0 Å². The van der Waals surface area contributed by atoms with E-state index < -0.39 is 11.7 Å². The van der Waals surface area contributed by atoms with Gasteiger partial charge in [-0.1, -0.05) is 0 Å². The smallest absolute Gasteiger partial charge is 0.306 e. The molecule has 13 heavy (non-hydrogen) atoms. The van der Waals surface area contributed by atoms with Gasteiger partial charge in [-0.2, -0.15) is 13.2 Å². The Kier molecular flexibility index (Phi) is 2.87. The van der Waals surface area contributed by atoms with E-state index in [0.717, 1.165) is 6.54 Å². The van der Waals surface area contributed by atoms with E-state index in [-0.39, 0.29) is 13.0 Å². The molecule has 0 spiro atoms. The predicted octanol–water partition coefficient (Wildman–Crippen LogP) is 1.23. The van der Waals surface area contributed by atoms with E-state index in [9.17, 15) is 13.2 Å². The maximum Gasteiger partial charge on any atom is 0.407 e. The zero-order chi connectivity index (χ0) is 10.1. The molecule has 0 bridgehead atoms. The molecule has 0 aromatic rings. The zero-order valence-electron chi connectivity index (χ0n) is 7.91. The van der Waals surface area contributed by atoms with Crippen molar-refractivity contribution in [3.63, 3.8) is 0 Å². The Hall–Kier alpha value is -0.290. The molecule has 1 unspecified atom stereocenters. The van der Waals surface area contributed by atoms with Gasteiger partial charge in [0.25, 0.3) is 0 Å². The average molecular weight is 196 g/mol. The van der Waals surface area contributed by atoms with Crippen molar-refractivity contribution in [1.29, 1.82) is 0 Å². The number of rotatable bonds is 1. The molecule has 0 amide bonds. The molecule has 1 rings (SSSR count). The molecule has 5 heteroatoms. The van der Waals surface area contributed by atoms with E-state index in [4.69, 9.17) is 0 Å². The fraction of sp³-hybridized carbons (Fsp3) is 1.00. The summed E-state index contributed by atoms with van der Waals surface area (Å²) in [6.45, 7) is 0.798. The maximum atomic E-state index is 12.7. The van der Waals surface area contributed by atoms with E-state index in [1.54, 1.807) is 11.9 Å². The van der Waals surface area contributed by atoms with E-state index in [1.807, 2.05) is 0 Å². The van der Waals surface area contributed by atoms with Crippen LogP contribution in [0.2, 0.25) is 0 Å². The number of piperidine rings is 1. The highest BCUT2D eigenvalue weighted by Gasteiger charge is 2.54. The number of likely N-dealkylation sites (N-methyl/N-ethyl adjacent to an activating group) is 2. The van der Waals surface area contributed by atoms with Crippen molar-refractivity contribution in [2.24, 2.45) is 0 Å². The summed E-state index contributed by atoms with van der Waals surface area (Å²) in [5.74, 6) is 0. The molecule has 1 atom stereocenters. The highest BCUT2D eigenvalue weighted by atomic mass is 19.4. The molecule has 0 aliphatic carbocycles. The molecule has 0 aromatic heterocycles. The van der Waals surface area contributed by atoms with Crippen LogP contribution >= 0.6 is 0 Å². The third-order valence-corrected chi connectivity index (χ3v) is 2.70. The topological polar surface area (TPSA) is 15.3 Å². The van der Waals surface area contributed by atoms with E-state index in [1.165, 1.54) is 7.05 Å². The monoisotopic (exact) mass is 196 g/mol. The first kappa shape index (κ1) is 10.8. The quantitative estimate of drug-likeness (QED) is 0.678. The van der Waals surface area contributed by atoms with Gasteiger partial charge in [-0.15, -0.1) is 0 Å². The molecule has 1 heterocycles. The van der Waals surface area contributed by atoms with Crippen LogP contribution in [0, 0.1) is 0 Å². The maximum absolute atomic E-state index is 12.7. The average Bonchev–Trinajstić information content (AvgIpc) is 2.02. The number of nitrogens with one attached hydrogen (secondary N) is 1. The summed E-state index contributed by atoms with van der Waals surface area (Å²) >= 11 is 0. The van der Waals surface area contributed by atoms with Crippen LogP contribution in [0.1, 0.15) is 12.8 Å². The van der Waals surface area contributed by atoms with Gasteiger partial charge in [-0.25, -0.2) is 0 Å². The Morgan fingerprint density at radius 2 is 2.00 bits per heavy atom. The first-order chi connectivity index (χ1) is 5.91. The molecule has 0 radical (unpaired) electrons. The lowest BCUT2D eigenvalue weighted by Gasteiger charge is -2.42. The minimum Gasteiger partial charge on any atom is -0.306 e. The first-order valence-electron chi connectivity index (χ1n) is 4.35. The summed E-state index contributed by atoms with van der Waals surface area (Å²) in [5.41, 5.74) is -1.69. The third kappa shape index (κ3) is 1.96. The number of hydrogen-bond donors (Lipinski definition) is 1. The van der Waals surface area contributed by atoms with Crippen LogP contribution in [-0.4, -0.2) is 43.8 Å². The molecular weight excluding hydrogens is 181 g/mol. The first-order valence-corrected chi connectivity index (χ1v) is 4.35. The van der Waals surface area contributed by atoms with Gasteiger partial charge in [0.15, 0.2) is 0 Å². The van der Waals surface area contributed by atoms with Crippen LogP contribution in [0.5, 0.6) is 0 Å². The molecule has 0 saturated carbocycles. The third-order valence-electron chi connectivity index (χ3n) is 2.70. The van der Waals surface area contributed by atoms with Gasteiger partial charge in [0.1, 0.15) is 5.54 Å². The normalized spacial score (nSPS) is 32.1. The largest absolute Gasteiger partial charge is 0.407 e. The Labute approximate surface area is 76.1 Å². The lowest BCUT2D eigenvalue weighted by Crippen LogP contribution is -2.63. The molecule has 2 nitrogen and oxygen atoms in total. The van der Waals surface area contributed by atoms with Crippen LogP contribution in [0.4, 0.5) is 13.2 Å². The van der Waals surface area contributed by atoms with Gasteiger partial charge in [0.05, 0.1) is 0 Å². The predicted molar refractivity (Wildman–Crippen MR) is 44.6 cm³/mol. The summed E-state index contributed by atoms with van der Waals surface area (Å²) in [4.78, 5) is 1.72. The van der Waals surface area contributed by atoms with Gasteiger partial charge in [-0.3, -0.25) is 0 Å². The van der Waals surface area contributed by atoms with E-state index in [0.29, 0.717) is 6.42 Å². The van der Waals surface area contributed by atoms with Crippen LogP contribution in [-0.2, 0) is 0 Å². The van der Waals surface area contributed by atoms with Crippen LogP contribution in [0.3, 0.4) is 0 Å². The highest BCUT2D eigenvalue weighted by molar-refractivity contribution is 4.98. The number of hydrogen-bond acceptors (Lipinski definition) is 2. The second-order valence-corrected chi connectivity index (χ2v) is 3.67. The van der Waals surface area contributed by atoms with Gasteiger partial charge >= 0.3 is 6.18 Å². The molecule has 0 aromatic carbocycles. The van der Waals surface area contributed by atoms with Gasteiger partial charge in [-0.05, 0) is 33.5 Å². The number of nitrogens with zero attached hydrogens (tertiary/aromatic N) is 1. The van der Waals surface area contributed by atoms with Crippen molar-refractivity contribution in [1.82, 2.24) is 10.2 Å². The molecule has 78 valence electrons. The van der Waals surface area contributed by atoms with Crippen molar-refractivity contribution in [3.05, 3.63) is 0 Å². The minimum atomic E-state index is -4.16. The second kappa shape index (κ2) is 3.46. The fourth-order valence-corrected chi connectivity index (χ4v) is 1.85. The van der Waals surface area contributed by atoms with Crippen molar-refractivity contribution in [3.8, 4) is 0 Å². The van der Waals surface area contributed by atoms with Crippen molar-refractivity contribution in [2.75, 3.05) is 27.2 Å². The number of halogens is 3. The fourth-order valence-electron chi connectivity index (χ4n) is 1.85. The molecule has 1 saturated heterocycles. The number of likely N-dealkylation sites (tertiary alicyclic amines) is 1. The highest BCUT2D eigenvalue weighted by Crippen LogP contribution is 2.36. The molecular formula is C8H15F3N2. The number of alkyl halides is 3. The summed E-state index contributed by atoms with van der Waals surface area (Å²) < 4.78 is 38.0. The summed E-state index contributed by atoms with van der Waals surface area (Å²) in [7, 11) is 3.10. The lowest BCUT2D eigenvalue weighted by atomic mass is 9.89. The van der Waals surface area contributed by atoms with E-state index in [2.05, 4.69) is 5.32 Å². The standard InChI is InChI=1S/C8H15F3N2/c1-12-7(8(9,10)11)4-3-5-13(2)6-7/h12H,3-6H2,1-2H3. The molecule has 1 fully saturated rings. The Balaban J connectivity index is 2.79.